The van der Waals surface area contributed by atoms with Crippen LogP contribution in [-0.2, 0) is 4.79 Å². The smallest absolute Gasteiger partial charge is 0.319 e. The van der Waals surface area contributed by atoms with Crippen LogP contribution in [0.5, 0.6) is 0 Å². The molecule has 0 aliphatic carbocycles. The largest absolute Gasteiger partial charge is 0.480 e. The molecule has 0 radical (unpaired) electrons. The van der Waals surface area contributed by atoms with Crippen LogP contribution in [0.3, 0.4) is 0 Å². The maximum atomic E-state index is 11.3. The fourth-order valence-electron chi connectivity index (χ4n) is 1.78. The first-order chi connectivity index (χ1) is 7.99. The van der Waals surface area contributed by atoms with Crippen molar-refractivity contribution in [2.75, 3.05) is 26.2 Å². The number of hydrogen-bond acceptors (Lipinski definition) is 4. The van der Waals surface area contributed by atoms with Gasteiger partial charge in [-0.3, -0.25) is 4.79 Å². The van der Waals surface area contributed by atoms with Crippen molar-refractivity contribution in [3.63, 3.8) is 0 Å². The van der Waals surface area contributed by atoms with E-state index in [0.717, 1.165) is 32.6 Å². The molecule has 17 heavy (non-hydrogen) atoms. The lowest BCUT2D eigenvalue weighted by Crippen LogP contribution is -2.46. The molecule has 2 N–H and O–H groups in total. The molecular weight excluding hydrogens is 256 g/mol. The van der Waals surface area contributed by atoms with E-state index in [1.165, 1.54) is 11.8 Å². The Bertz CT molecular complexity index is 293. The molecule has 1 saturated heterocycles. The highest BCUT2D eigenvalue weighted by Gasteiger charge is 2.35. The minimum absolute atomic E-state index is 0.638. The fraction of sp³-hybridized carbons (Fsp3) is 0.818. The van der Waals surface area contributed by atoms with Crippen LogP contribution in [0.25, 0.3) is 0 Å². The Morgan fingerprint density at radius 3 is 2.59 bits per heavy atom. The summed E-state index contributed by atoms with van der Waals surface area (Å²) in [6, 6.07) is 0. The minimum Gasteiger partial charge on any atom is -0.480 e. The Morgan fingerprint density at radius 2 is 2.12 bits per heavy atom. The van der Waals surface area contributed by atoms with Crippen LogP contribution >= 0.6 is 24.0 Å². The van der Waals surface area contributed by atoms with E-state index in [1.54, 1.807) is 6.92 Å². The van der Waals surface area contributed by atoms with Gasteiger partial charge < -0.3 is 15.3 Å². The molecule has 0 saturated carbocycles. The number of carboxylic acids is 1. The van der Waals surface area contributed by atoms with Crippen LogP contribution in [0.1, 0.15) is 26.7 Å². The van der Waals surface area contributed by atoms with E-state index < -0.39 is 10.7 Å². The Morgan fingerprint density at radius 1 is 1.53 bits per heavy atom. The quantitative estimate of drug-likeness (QED) is 0.760. The van der Waals surface area contributed by atoms with Gasteiger partial charge in [-0.25, -0.2) is 0 Å². The number of aliphatic carboxylic acids is 1. The highest BCUT2D eigenvalue weighted by molar-refractivity contribution is 8.24. The van der Waals surface area contributed by atoms with E-state index in [-0.39, 0.29) is 0 Å². The molecule has 98 valence electrons. The van der Waals surface area contributed by atoms with Crippen molar-refractivity contribution < 1.29 is 9.90 Å². The Balaban J connectivity index is 2.60. The van der Waals surface area contributed by atoms with Gasteiger partial charge in [-0.05, 0) is 13.3 Å². The van der Waals surface area contributed by atoms with Crippen LogP contribution in [0, 0.1) is 0 Å². The summed E-state index contributed by atoms with van der Waals surface area (Å²) >= 11 is 6.67. The van der Waals surface area contributed by atoms with Crippen LogP contribution in [-0.4, -0.2) is 51.2 Å². The number of thiocarbonyl (C=S) groups is 1. The second-order valence-electron chi connectivity index (χ2n) is 4.39. The minimum atomic E-state index is -0.795. The summed E-state index contributed by atoms with van der Waals surface area (Å²) in [5.41, 5.74) is 0. The van der Waals surface area contributed by atoms with Gasteiger partial charge in [0.1, 0.15) is 9.07 Å². The molecule has 1 heterocycles. The third-order valence-corrected chi connectivity index (χ3v) is 4.64. The summed E-state index contributed by atoms with van der Waals surface area (Å²) in [6.45, 7) is 7.32. The third-order valence-electron chi connectivity index (χ3n) is 2.87. The second kappa shape index (κ2) is 6.56. The Kier molecular flexibility index (Phi) is 5.69. The predicted molar refractivity (Wildman–Crippen MR) is 75.6 cm³/mol. The van der Waals surface area contributed by atoms with E-state index in [2.05, 4.69) is 10.2 Å². The number of thioether (sulfide) groups is 1. The molecule has 6 heteroatoms. The van der Waals surface area contributed by atoms with E-state index >= 15 is 0 Å². The van der Waals surface area contributed by atoms with Gasteiger partial charge in [0.05, 0.1) is 0 Å². The van der Waals surface area contributed by atoms with Crippen molar-refractivity contribution in [2.24, 2.45) is 0 Å². The number of rotatable bonds is 4. The zero-order chi connectivity index (χ0) is 12.9. The van der Waals surface area contributed by atoms with Crippen molar-refractivity contribution in [2.45, 2.75) is 31.4 Å². The maximum Gasteiger partial charge on any atom is 0.319 e. The molecule has 1 unspecified atom stereocenters. The maximum absolute atomic E-state index is 11.3. The summed E-state index contributed by atoms with van der Waals surface area (Å²) < 4.78 is -0.0821. The standard InChI is InChI=1S/C11H20N2O2S2/c1-3-4-11(2,9(14)15)17-10(16)13-7-5-12-6-8-13/h12H,3-8H2,1-2H3,(H,14,15). The topological polar surface area (TPSA) is 52.6 Å². The highest BCUT2D eigenvalue weighted by Crippen LogP contribution is 2.32. The average molecular weight is 276 g/mol. The molecular formula is C11H20N2O2S2. The van der Waals surface area contributed by atoms with Crippen molar-refractivity contribution in [1.29, 1.82) is 0 Å². The number of hydrogen-bond donors (Lipinski definition) is 2. The zero-order valence-corrected chi connectivity index (χ0v) is 12.0. The number of nitrogens with one attached hydrogen (secondary N) is 1. The summed E-state index contributed by atoms with van der Waals surface area (Å²) in [6.07, 6.45) is 1.49. The molecule has 1 aliphatic rings. The molecule has 0 aromatic carbocycles. The molecule has 1 rings (SSSR count). The predicted octanol–water partition coefficient (Wildman–Crippen LogP) is 1.55. The van der Waals surface area contributed by atoms with Crippen LogP contribution in [0.4, 0.5) is 0 Å². The summed E-state index contributed by atoms with van der Waals surface area (Å²) in [4.78, 5) is 13.4. The number of carbonyl (C=O) groups is 1. The van der Waals surface area contributed by atoms with E-state index in [0.29, 0.717) is 10.7 Å². The lowest BCUT2D eigenvalue weighted by atomic mass is 10.1. The molecule has 1 aliphatic heterocycles. The summed E-state index contributed by atoms with van der Waals surface area (Å²) in [5, 5.41) is 12.6. The average Bonchev–Trinajstić information content (AvgIpc) is 2.30. The van der Waals surface area contributed by atoms with Gasteiger partial charge in [-0.1, -0.05) is 37.3 Å². The summed E-state index contributed by atoms with van der Waals surface area (Å²) in [7, 11) is 0. The van der Waals surface area contributed by atoms with Crippen LogP contribution in [0.15, 0.2) is 0 Å². The van der Waals surface area contributed by atoms with Gasteiger partial charge in [0.2, 0.25) is 0 Å². The number of carboxylic acid groups (broad SMARTS) is 1. The second-order valence-corrected chi connectivity index (χ2v) is 6.53. The molecule has 0 aromatic rings. The van der Waals surface area contributed by atoms with E-state index in [9.17, 15) is 9.90 Å². The number of nitrogens with zero attached hydrogens (tertiary/aromatic N) is 1. The van der Waals surface area contributed by atoms with Crippen molar-refractivity contribution >= 4 is 34.3 Å². The van der Waals surface area contributed by atoms with Crippen molar-refractivity contribution in [3.8, 4) is 0 Å². The molecule has 0 amide bonds. The monoisotopic (exact) mass is 276 g/mol. The van der Waals surface area contributed by atoms with Crippen molar-refractivity contribution in [3.05, 3.63) is 0 Å². The van der Waals surface area contributed by atoms with Gasteiger partial charge in [0, 0.05) is 26.2 Å². The van der Waals surface area contributed by atoms with Crippen molar-refractivity contribution in [1.82, 2.24) is 10.2 Å². The fourth-order valence-corrected chi connectivity index (χ4v) is 3.61. The normalized spacial score (nSPS) is 19.8. The van der Waals surface area contributed by atoms with Crippen LogP contribution in [0.2, 0.25) is 0 Å². The Hall–Kier alpha value is -0.330. The third kappa shape index (κ3) is 4.12. The van der Waals surface area contributed by atoms with Gasteiger partial charge >= 0.3 is 5.97 Å². The lowest BCUT2D eigenvalue weighted by molar-refractivity contribution is -0.139. The SMILES string of the molecule is CCCC(C)(SC(=S)N1CCNCC1)C(=O)O. The van der Waals surface area contributed by atoms with Crippen LogP contribution < -0.4 is 5.32 Å². The molecule has 0 aromatic heterocycles. The highest BCUT2D eigenvalue weighted by atomic mass is 32.2. The van der Waals surface area contributed by atoms with Gasteiger partial charge in [-0.15, -0.1) is 0 Å². The van der Waals surface area contributed by atoms with E-state index in [1.807, 2.05) is 6.92 Å². The molecule has 0 bridgehead atoms. The first-order valence-electron chi connectivity index (χ1n) is 5.91. The zero-order valence-electron chi connectivity index (χ0n) is 10.4. The van der Waals surface area contributed by atoms with E-state index in [4.69, 9.17) is 12.2 Å². The summed E-state index contributed by atoms with van der Waals surface area (Å²) in [5.74, 6) is -0.776. The van der Waals surface area contributed by atoms with Gasteiger partial charge in [-0.2, -0.15) is 0 Å². The lowest BCUT2D eigenvalue weighted by Gasteiger charge is -2.33. The first kappa shape index (κ1) is 14.7. The molecule has 1 atom stereocenters. The van der Waals surface area contributed by atoms with Gasteiger partial charge in [0.15, 0.2) is 0 Å². The molecule has 1 fully saturated rings. The first-order valence-corrected chi connectivity index (χ1v) is 7.14. The number of piperazine rings is 1. The molecule has 0 spiro atoms. The molecule has 4 nitrogen and oxygen atoms in total. The van der Waals surface area contributed by atoms with Gasteiger partial charge in [0.25, 0.3) is 0 Å². The Labute approximate surface area is 112 Å².